The second kappa shape index (κ2) is 7.12. The molecule has 0 fully saturated rings. The maximum Gasteiger partial charge on any atom is 0.171 e. The fourth-order valence-corrected chi connectivity index (χ4v) is 1.68. The van der Waals surface area contributed by atoms with Gasteiger partial charge in [0.05, 0.1) is 7.11 Å². The van der Waals surface area contributed by atoms with Gasteiger partial charge in [-0.3, -0.25) is 0 Å². The molecule has 0 aliphatic rings. The number of ether oxygens (including phenoxy) is 1. The SMILES string of the molecule is CCN(CCNC(C)C)c1ncccc1OC. The van der Waals surface area contributed by atoms with E-state index in [0.717, 1.165) is 31.2 Å². The predicted octanol–water partition coefficient (Wildman–Crippen LogP) is 1.91. The molecule has 0 amide bonds. The third-order valence-electron chi connectivity index (χ3n) is 2.59. The zero-order chi connectivity index (χ0) is 12.7. The first kappa shape index (κ1) is 13.8. The third-order valence-corrected chi connectivity index (χ3v) is 2.59. The highest BCUT2D eigenvalue weighted by molar-refractivity contribution is 5.51. The Morgan fingerprint density at radius 2 is 2.24 bits per heavy atom. The molecule has 4 heteroatoms. The van der Waals surface area contributed by atoms with Crippen molar-refractivity contribution in [2.75, 3.05) is 31.6 Å². The smallest absolute Gasteiger partial charge is 0.171 e. The number of pyridine rings is 1. The molecule has 1 heterocycles. The molecule has 0 aromatic carbocycles. The summed E-state index contributed by atoms with van der Waals surface area (Å²) in [4.78, 5) is 6.61. The first-order valence-corrected chi connectivity index (χ1v) is 6.16. The Hall–Kier alpha value is -1.29. The van der Waals surface area contributed by atoms with Crippen LogP contribution in [-0.2, 0) is 0 Å². The van der Waals surface area contributed by atoms with Crippen molar-refractivity contribution in [1.29, 1.82) is 0 Å². The number of nitrogens with one attached hydrogen (secondary N) is 1. The summed E-state index contributed by atoms with van der Waals surface area (Å²) in [6.45, 7) is 9.24. The summed E-state index contributed by atoms with van der Waals surface area (Å²) in [7, 11) is 1.68. The maximum absolute atomic E-state index is 5.33. The van der Waals surface area contributed by atoms with Crippen molar-refractivity contribution < 1.29 is 4.74 Å². The van der Waals surface area contributed by atoms with E-state index in [1.165, 1.54) is 0 Å². The average Bonchev–Trinajstić information content (AvgIpc) is 2.34. The fraction of sp³-hybridized carbons (Fsp3) is 0.615. The van der Waals surface area contributed by atoms with Gasteiger partial charge in [-0.15, -0.1) is 0 Å². The van der Waals surface area contributed by atoms with Crippen LogP contribution in [0.25, 0.3) is 0 Å². The fourth-order valence-electron chi connectivity index (χ4n) is 1.68. The molecule has 1 aromatic rings. The van der Waals surface area contributed by atoms with E-state index in [-0.39, 0.29) is 0 Å². The number of rotatable bonds is 7. The summed E-state index contributed by atoms with van der Waals surface area (Å²) in [5.41, 5.74) is 0. The van der Waals surface area contributed by atoms with Gasteiger partial charge in [-0.25, -0.2) is 4.98 Å². The van der Waals surface area contributed by atoms with Crippen LogP contribution in [0.1, 0.15) is 20.8 Å². The molecule has 0 atom stereocenters. The van der Waals surface area contributed by atoms with Gasteiger partial charge in [0.1, 0.15) is 0 Å². The molecular weight excluding hydrogens is 214 g/mol. The summed E-state index contributed by atoms with van der Waals surface area (Å²) < 4.78 is 5.33. The van der Waals surface area contributed by atoms with Gasteiger partial charge in [-0.05, 0) is 19.1 Å². The van der Waals surface area contributed by atoms with Gasteiger partial charge in [0.2, 0.25) is 0 Å². The van der Waals surface area contributed by atoms with Crippen LogP contribution in [0.5, 0.6) is 5.75 Å². The first-order chi connectivity index (χ1) is 8.19. The van der Waals surface area contributed by atoms with Crippen LogP contribution < -0.4 is 15.0 Å². The number of nitrogens with zero attached hydrogens (tertiary/aromatic N) is 2. The lowest BCUT2D eigenvalue weighted by Gasteiger charge is -2.24. The minimum Gasteiger partial charge on any atom is -0.493 e. The molecule has 0 bridgehead atoms. The van der Waals surface area contributed by atoms with E-state index in [4.69, 9.17) is 4.74 Å². The number of aromatic nitrogens is 1. The molecule has 0 saturated heterocycles. The van der Waals surface area contributed by atoms with Crippen molar-refractivity contribution in [2.45, 2.75) is 26.8 Å². The Bertz CT molecular complexity index is 328. The second-order valence-electron chi connectivity index (χ2n) is 4.22. The second-order valence-corrected chi connectivity index (χ2v) is 4.22. The lowest BCUT2D eigenvalue weighted by atomic mass is 10.3. The van der Waals surface area contributed by atoms with Crippen molar-refractivity contribution in [3.8, 4) is 5.75 Å². The van der Waals surface area contributed by atoms with Crippen molar-refractivity contribution >= 4 is 5.82 Å². The average molecular weight is 237 g/mol. The van der Waals surface area contributed by atoms with Crippen LogP contribution in [0.15, 0.2) is 18.3 Å². The molecule has 1 N–H and O–H groups in total. The zero-order valence-corrected chi connectivity index (χ0v) is 11.2. The Labute approximate surface area is 104 Å². The minimum atomic E-state index is 0.513. The maximum atomic E-state index is 5.33. The Kier molecular flexibility index (Phi) is 5.77. The normalized spacial score (nSPS) is 10.6. The zero-order valence-electron chi connectivity index (χ0n) is 11.2. The number of methoxy groups -OCH3 is 1. The van der Waals surface area contributed by atoms with Crippen LogP contribution in [0.3, 0.4) is 0 Å². The molecule has 0 spiro atoms. The standard InChI is InChI=1S/C13H23N3O/c1-5-16(10-9-14-11(2)3)13-12(17-4)7-6-8-15-13/h6-8,11,14H,5,9-10H2,1-4H3. The van der Waals surface area contributed by atoms with Gasteiger partial charge >= 0.3 is 0 Å². The van der Waals surface area contributed by atoms with Gasteiger partial charge in [0.15, 0.2) is 11.6 Å². The molecule has 0 aliphatic carbocycles. The van der Waals surface area contributed by atoms with Crippen molar-refractivity contribution in [1.82, 2.24) is 10.3 Å². The molecule has 0 radical (unpaired) electrons. The van der Waals surface area contributed by atoms with Gasteiger partial charge in [0.25, 0.3) is 0 Å². The molecule has 4 nitrogen and oxygen atoms in total. The summed E-state index contributed by atoms with van der Waals surface area (Å²) in [5, 5.41) is 3.41. The highest BCUT2D eigenvalue weighted by atomic mass is 16.5. The van der Waals surface area contributed by atoms with Gasteiger partial charge in [0, 0.05) is 31.9 Å². The minimum absolute atomic E-state index is 0.513. The molecule has 0 unspecified atom stereocenters. The van der Waals surface area contributed by atoms with Gasteiger partial charge < -0.3 is 15.0 Å². The van der Waals surface area contributed by atoms with Crippen LogP contribution >= 0.6 is 0 Å². The molecule has 0 aliphatic heterocycles. The van der Waals surface area contributed by atoms with Crippen LogP contribution in [-0.4, -0.2) is 37.8 Å². The molecule has 17 heavy (non-hydrogen) atoms. The van der Waals surface area contributed by atoms with Crippen LogP contribution in [0, 0.1) is 0 Å². The lowest BCUT2D eigenvalue weighted by Crippen LogP contribution is -2.35. The molecular formula is C13H23N3O. The highest BCUT2D eigenvalue weighted by Crippen LogP contribution is 2.23. The van der Waals surface area contributed by atoms with Crippen LogP contribution in [0.2, 0.25) is 0 Å². The summed E-state index contributed by atoms with van der Waals surface area (Å²) >= 11 is 0. The Balaban J connectivity index is 2.65. The van der Waals surface area contributed by atoms with Gasteiger partial charge in [-0.2, -0.15) is 0 Å². The topological polar surface area (TPSA) is 37.4 Å². The van der Waals surface area contributed by atoms with Crippen LogP contribution in [0.4, 0.5) is 5.82 Å². The number of hydrogen-bond acceptors (Lipinski definition) is 4. The molecule has 96 valence electrons. The number of anilines is 1. The van der Waals surface area contributed by atoms with E-state index < -0.39 is 0 Å². The summed E-state index contributed by atoms with van der Waals surface area (Å²) in [6, 6.07) is 4.35. The number of likely N-dealkylation sites (N-methyl/N-ethyl adjacent to an activating group) is 1. The highest BCUT2D eigenvalue weighted by Gasteiger charge is 2.10. The van der Waals surface area contributed by atoms with Crippen molar-refractivity contribution in [3.63, 3.8) is 0 Å². The predicted molar refractivity (Wildman–Crippen MR) is 71.8 cm³/mol. The van der Waals surface area contributed by atoms with E-state index >= 15 is 0 Å². The first-order valence-electron chi connectivity index (χ1n) is 6.16. The molecule has 1 rings (SSSR count). The lowest BCUT2D eigenvalue weighted by molar-refractivity contribution is 0.412. The third kappa shape index (κ3) is 4.23. The van der Waals surface area contributed by atoms with E-state index in [0.29, 0.717) is 6.04 Å². The van der Waals surface area contributed by atoms with E-state index in [2.05, 4.69) is 36.0 Å². The Morgan fingerprint density at radius 1 is 1.47 bits per heavy atom. The summed E-state index contributed by atoms with van der Waals surface area (Å²) in [6.07, 6.45) is 1.80. The summed E-state index contributed by atoms with van der Waals surface area (Å²) in [5.74, 6) is 1.75. The molecule has 1 aromatic heterocycles. The largest absolute Gasteiger partial charge is 0.493 e. The number of hydrogen-bond donors (Lipinski definition) is 1. The quantitative estimate of drug-likeness (QED) is 0.786. The van der Waals surface area contributed by atoms with Crippen molar-refractivity contribution in [3.05, 3.63) is 18.3 Å². The monoisotopic (exact) mass is 237 g/mol. The van der Waals surface area contributed by atoms with E-state index in [1.54, 1.807) is 13.3 Å². The Morgan fingerprint density at radius 3 is 2.82 bits per heavy atom. The van der Waals surface area contributed by atoms with E-state index in [9.17, 15) is 0 Å². The molecule has 0 saturated carbocycles. The van der Waals surface area contributed by atoms with Crippen molar-refractivity contribution in [2.24, 2.45) is 0 Å². The van der Waals surface area contributed by atoms with Gasteiger partial charge in [-0.1, -0.05) is 13.8 Å². The van der Waals surface area contributed by atoms with E-state index in [1.807, 2.05) is 12.1 Å².